The lowest BCUT2D eigenvalue weighted by atomic mass is 10.0. The summed E-state index contributed by atoms with van der Waals surface area (Å²) in [4.78, 5) is 23.3. The zero-order valence-corrected chi connectivity index (χ0v) is 13.3. The summed E-state index contributed by atoms with van der Waals surface area (Å²) in [5, 5.41) is 3.02. The largest absolute Gasteiger partial charge is 0.376 e. The molecule has 6 heteroatoms. The molecule has 3 heterocycles. The van der Waals surface area contributed by atoms with Crippen molar-refractivity contribution in [1.29, 1.82) is 0 Å². The van der Waals surface area contributed by atoms with E-state index in [1.807, 2.05) is 20.0 Å². The van der Waals surface area contributed by atoms with Crippen LogP contribution in [-0.4, -0.2) is 52.6 Å². The normalized spacial score (nSPS) is 23.1. The van der Waals surface area contributed by atoms with Gasteiger partial charge in [-0.05, 0) is 38.7 Å². The highest BCUT2D eigenvalue weighted by molar-refractivity contribution is 5.81. The maximum atomic E-state index is 12.3. The minimum absolute atomic E-state index is 0.0738. The molecule has 0 aliphatic carbocycles. The molecular weight excluding hydrogens is 280 g/mol. The van der Waals surface area contributed by atoms with Gasteiger partial charge in [0.25, 0.3) is 0 Å². The Bertz CT molecular complexity index is 543. The summed E-state index contributed by atoms with van der Waals surface area (Å²) in [6.07, 6.45) is 5.14. The van der Waals surface area contributed by atoms with Crippen LogP contribution in [0.1, 0.15) is 36.8 Å². The first-order valence-corrected chi connectivity index (χ1v) is 8.08. The van der Waals surface area contributed by atoms with Crippen LogP contribution in [0.15, 0.2) is 6.20 Å². The first-order chi connectivity index (χ1) is 10.6. The molecule has 0 spiro atoms. The van der Waals surface area contributed by atoms with Gasteiger partial charge in [-0.25, -0.2) is 9.97 Å². The van der Waals surface area contributed by atoms with Gasteiger partial charge in [0.15, 0.2) is 0 Å². The van der Waals surface area contributed by atoms with Crippen molar-refractivity contribution < 1.29 is 9.53 Å². The Morgan fingerprint density at radius 3 is 3.23 bits per heavy atom. The first-order valence-electron chi connectivity index (χ1n) is 8.08. The van der Waals surface area contributed by atoms with E-state index in [1.165, 1.54) is 5.56 Å². The quantitative estimate of drug-likeness (QED) is 0.892. The Balaban J connectivity index is 1.55. The number of nitrogens with one attached hydrogen (secondary N) is 1. The number of nitrogens with zero attached hydrogens (tertiary/aromatic N) is 3. The van der Waals surface area contributed by atoms with Gasteiger partial charge in [0.2, 0.25) is 5.91 Å². The smallest absolute Gasteiger partial charge is 0.237 e. The molecule has 0 bridgehead atoms. The number of aryl methyl sites for hydroxylation is 1. The molecular formula is C16H24N4O2. The predicted molar refractivity (Wildman–Crippen MR) is 82.3 cm³/mol. The minimum Gasteiger partial charge on any atom is -0.376 e. The maximum absolute atomic E-state index is 12.3. The number of rotatable bonds is 4. The van der Waals surface area contributed by atoms with Crippen LogP contribution >= 0.6 is 0 Å². The number of hydrogen-bond donors (Lipinski definition) is 1. The number of fused-ring (bicyclic) bond motifs is 1. The summed E-state index contributed by atoms with van der Waals surface area (Å²) in [5.41, 5.74) is 2.26. The van der Waals surface area contributed by atoms with Crippen molar-refractivity contribution >= 4 is 5.91 Å². The van der Waals surface area contributed by atoms with Crippen molar-refractivity contribution in [1.82, 2.24) is 20.2 Å². The molecule has 1 aromatic rings. The topological polar surface area (TPSA) is 67.4 Å². The highest BCUT2D eigenvalue weighted by Crippen LogP contribution is 2.18. The van der Waals surface area contributed by atoms with E-state index in [-0.39, 0.29) is 18.1 Å². The van der Waals surface area contributed by atoms with Crippen molar-refractivity contribution in [3.63, 3.8) is 0 Å². The number of carbonyl (C=O) groups excluding carboxylic acids is 1. The summed E-state index contributed by atoms with van der Waals surface area (Å²) in [5.74, 6) is 0.862. The Morgan fingerprint density at radius 1 is 1.59 bits per heavy atom. The second-order valence-corrected chi connectivity index (χ2v) is 6.17. The molecule has 1 N–H and O–H groups in total. The third-order valence-corrected chi connectivity index (χ3v) is 4.55. The zero-order valence-electron chi connectivity index (χ0n) is 13.3. The van der Waals surface area contributed by atoms with Gasteiger partial charge in [-0.15, -0.1) is 0 Å². The highest BCUT2D eigenvalue weighted by Gasteiger charge is 2.27. The molecule has 0 saturated carbocycles. The Hall–Kier alpha value is -1.53. The molecule has 22 heavy (non-hydrogen) atoms. The van der Waals surface area contributed by atoms with Crippen LogP contribution in [0.25, 0.3) is 0 Å². The fourth-order valence-electron chi connectivity index (χ4n) is 3.09. The summed E-state index contributed by atoms with van der Waals surface area (Å²) >= 11 is 0. The number of aromatic nitrogens is 2. The van der Waals surface area contributed by atoms with Gasteiger partial charge in [0, 0.05) is 32.4 Å². The molecule has 2 aliphatic heterocycles. The van der Waals surface area contributed by atoms with Crippen molar-refractivity contribution in [3.8, 4) is 0 Å². The Morgan fingerprint density at radius 2 is 2.45 bits per heavy atom. The van der Waals surface area contributed by atoms with Gasteiger partial charge in [-0.3, -0.25) is 9.69 Å². The van der Waals surface area contributed by atoms with Crippen LogP contribution in [0.4, 0.5) is 0 Å². The Labute approximate surface area is 131 Å². The molecule has 3 rings (SSSR count). The van der Waals surface area contributed by atoms with Crippen LogP contribution in [0.3, 0.4) is 0 Å². The molecule has 1 aromatic heterocycles. The van der Waals surface area contributed by atoms with E-state index in [1.54, 1.807) is 0 Å². The molecule has 2 unspecified atom stereocenters. The Kier molecular flexibility index (Phi) is 4.69. The summed E-state index contributed by atoms with van der Waals surface area (Å²) < 4.78 is 5.54. The molecule has 2 aliphatic rings. The molecule has 0 aromatic carbocycles. The highest BCUT2D eigenvalue weighted by atomic mass is 16.5. The summed E-state index contributed by atoms with van der Waals surface area (Å²) in [6.45, 7) is 6.88. The van der Waals surface area contributed by atoms with Crippen molar-refractivity contribution in [2.45, 2.75) is 51.8 Å². The van der Waals surface area contributed by atoms with Gasteiger partial charge in [-0.2, -0.15) is 0 Å². The predicted octanol–water partition coefficient (Wildman–Crippen LogP) is 0.827. The molecule has 120 valence electrons. The molecule has 1 fully saturated rings. The molecule has 0 radical (unpaired) electrons. The van der Waals surface area contributed by atoms with Gasteiger partial charge in [0.1, 0.15) is 5.82 Å². The van der Waals surface area contributed by atoms with E-state index in [0.29, 0.717) is 13.1 Å². The van der Waals surface area contributed by atoms with Crippen molar-refractivity contribution in [3.05, 3.63) is 23.3 Å². The van der Waals surface area contributed by atoms with Gasteiger partial charge in [-0.1, -0.05) is 0 Å². The summed E-state index contributed by atoms with van der Waals surface area (Å²) in [7, 11) is 0. The molecule has 6 nitrogen and oxygen atoms in total. The average molecular weight is 304 g/mol. The SMILES string of the molecule is Cc1ncc2c(n1)CN(C(C)C(=O)NCC1CCCO1)CC2. The van der Waals surface area contributed by atoms with E-state index in [2.05, 4.69) is 20.2 Å². The molecule has 2 atom stereocenters. The van der Waals surface area contributed by atoms with Crippen LogP contribution in [0.5, 0.6) is 0 Å². The lowest BCUT2D eigenvalue weighted by Gasteiger charge is -2.32. The van der Waals surface area contributed by atoms with Crippen LogP contribution in [-0.2, 0) is 22.5 Å². The minimum atomic E-state index is -0.148. The monoisotopic (exact) mass is 304 g/mol. The average Bonchev–Trinajstić information content (AvgIpc) is 3.04. The van der Waals surface area contributed by atoms with Gasteiger partial charge < -0.3 is 10.1 Å². The number of hydrogen-bond acceptors (Lipinski definition) is 5. The van der Waals surface area contributed by atoms with Crippen LogP contribution < -0.4 is 5.32 Å². The standard InChI is InChI=1S/C16H24N4O2/c1-11(16(21)18-9-14-4-3-7-22-14)20-6-5-13-8-17-12(2)19-15(13)10-20/h8,11,14H,3-7,9-10H2,1-2H3,(H,18,21). The third kappa shape index (κ3) is 3.44. The second-order valence-electron chi connectivity index (χ2n) is 6.17. The van der Waals surface area contributed by atoms with E-state index in [4.69, 9.17) is 4.74 Å². The number of amides is 1. The number of ether oxygens (including phenoxy) is 1. The maximum Gasteiger partial charge on any atom is 0.237 e. The molecule has 1 saturated heterocycles. The van der Waals surface area contributed by atoms with Crippen molar-refractivity contribution in [2.24, 2.45) is 0 Å². The van der Waals surface area contributed by atoms with Gasteiger partial charge >= 0.3 is 0 Å². The van der Waals surface area contributed by atoms with Crippen molar-refractivity contribution in [2.75, 3.05) is 19.7 Å². The van der Waals surface area contributed by atoms with E-state index in [0.717, 1.165) is 43.9 Å². The zero-order chi connectivity index (χ0) is 15.5. The third-order valence-electron chi connectivity index (χ3n) is 4.55. The lowest BCUT2D eigenvalue weighted by molar-refractivity contribution is -0.126. The summed E-state index contributed by atoms with van der Waals surface area (Å²) in [6, 6.07) is -0.148. The second kappa shape index (κ2) is 6.71. The lowest BCUT2D eigenvalue weighted by Crippen LogP contribution is -2.48. The molecule has 1 amide bonds. The fraction of sp³-hybridized carbons (Fsp3) is 0.688. The van der Waals surface area contributed by atoms with E-state index < -0.39 is 0 Å². The van der Waals surface area contributed by atoms with Crippen LogP contribution in [0.2, 0.25) is 0 Å². The first kappa shape index (κ1) is 15.4. The van der Waals surface area contributed by atoms with E-state index >= 15 is 0 Å². The number of carbonyl (C=O) groups is 1. The van der Waals surface area contributed by atoms with Gasteiger partial charge in [0.05, 0.1) is 17.8 Å². The van der Waals surface area contributed by atoms with E-state index in [9.17, 15) is 4.79 Å². The van der Waals surface area contributed by atoms with Crippen LogP contribution in [0, 0.1) is 6.92 Å². The fourth-order valence-corrected chi connectivity index (χ4v) is 3.09.